The van der Waals surface area contributed by atoms with E-state index in [1.807, 2.05) is 50.2 Å². The zero-order chi connectivity index (χ0) is 16.0. The molecule has 22 heavy (non-hydrogen) atoms. The maximum Gasteiger partial charge on any atom is 0.236 e. The first-order valence-corrected chi connectivity index (χ1v) is 8.28. The van der Waals surface area contributed by atoms with E-state index in [-0.39, 0.29) is 5.91 Å². The average Bonchev–Trinajstić information content (AvgIpc) is 2.50. The van der Waals surface area contributed by atoms with Gasteiger partial charge < -0.3 is 5.32 Å². The fourth-order valence-electron chi connectivity index (χ4n) is 1.93. The molecule has 1 N–H and O–H groups in total. The number of pyridine rings is 1. The van der Waals surface area contributed by atoms with E-state index in [1.165, 1.54) is 17.3 Å². The molecule has 2 rings (SSSR count). The van der Waals surface area contributed by atoms with Gasteiger partial charge in [0.05, 0.1) is 4.75 Å². The third kappa shape index (κ3) is 5.04. The van der Waals surface area contributed by atoms with Crippen molar-refractivity contribution in [2.45, 2.75) is 29.9 Å². The Kier molecular flexibility index (Phi) is 5.86. The van der Waals surface area contributed by atoms with Crippen LogP contribution in [0.1, 0.15) is 19.4 Å². The van der Waals surface area contributed by atoms with Crippen LogP contribution >= 0.6 is 23.4 Å². The van der Waals surface area contributed by atoms with E-state index >= 15 is 0 Å². The molecular formula is C17H19ClN2OS. The molecule has 1 amide bonds. The van der Waals surface area contributed by atoms with Crippen molar-refractivity contribution in [2.75, 3.05) is 6.54 Å². The highest BCUT2D eigenvalue weighted by Gasteiger charge is 2.28. The predicted molar refractivity (Wildman–Crippen MR) is 92.3 cm³/mol. The van der Waals surface area contributed by atoms with Crippen LogP contribution in [-0.4, -0.2) is 22.2 Å². The highest BCUT2D eigenvalue weighted by Crippen LogP contribution is 2.33. The Bertz CT molecular complexity index is 614. The van der Waals surface area contributed by atoms with Crippen molar-refractivity contribution in [1.29, 1.82) is 0 Å². The molecule has 3 nitrogen and oxygen atoms in total. The van der Waals surface area contributed by atoms with Crippen molar-refractivity contribution >= 4 is 29.3 Å². The molecule has 0 radical (unpaired) electrons. The van der Waals surface area contributed by atoms with Gasteiger partial charge in [0, 0.05) is 28.9 Å². The molecule has 0 aliphatic carbocycles. The highest BCUT2D eigenvalue weighted by molar-refractivity contribution is 8.01. The number of rotatable bonds is 6. The lowest BCUT2D eigenvalue weighted by molar-refractivity contribution is -0.122. The minimum absolute atomic E-state index is 0.0292. The number of thioether (sulfide) groups is 1. The average molecular weight is 335 g/mol. The normalized spacial score (nSPS) is 11.2. The summed E-state index contributed by atoms with van der Waals surface area (Å²) in [5.74, 6) is 0.0292. The second kappa shape index (κ2) is 7.65. The molecule has 1 aromatic carbocycles. The minimum atomic E-state index is -0.536. The summed E-state index contributed by atoms with van der Waals surface area (Å²) in [7, 11) is 0. The number of carbonyl (C=O) groups is 1. The van der Waals surface area contributed by atoms with E-state index in [0.29, 0.717) is 11.6 Å². The monoisotopic (exact) mass is 334 g/mol. The van der Waals surface area contributed by atoms with E-state index in [2.05, 4.69) is 10.3 Å². The molecule has 0 aliphatic heterocycles. The first-order valence-electron chi connectivity index (χ1n) is 7.09. The van der Waals surface area contributed by atoms with E-state index in [0.717, 1.165) is 11.3 Å². The Hall–Kier alpha value is -1.52. The summed E-state index contributed by atoms with van der Waals surface area (Å²) in [4.78, 5) is 17.4. The van der Waals surface area contributed by atoms with Crippen LogP contribution in [0.2, 0.25) is 5.02 Å². The summed E-state index contributed by atoms with van der Waals surface area (Å²) in [6.07, 6.45) is 4.32. The molecular weight excluding hydrogens is 316 g/mol. The number of hydrogen-bond acceptors (Lipinski definition) is 3. The summed E-state index contributed by atoms with van der Waals surface area (Å²) >= 11 is 7.41. The second-order valence-corrected chi connectivity index (χ2v) is 7.56. The lowest BCUT2D eigenvalue weighted by atomic mass is 10.1. The van der Waals surface area contributed by atoms with Crippen molar-refractivity contribution in [1.82, 2.24) is 10.3 Å². The van der Waals surface area contributed by atoms with Gasteiger partial charge in [-0.25, -0.2) is 0 Å². The number of benzene rings is 1. The van der Waals surface area contributed by atoms with Crippen molar-refractivity contribution in [3.63, 3.8) is 0 Å². The van der Waals surface area contributed by atoms with Gasteiger partial charge in [-0.05, 0) is 62.2 Å². The molecule has 0 bridgehead atoms. The Morgan fingerprint density at radius 2 is 1.82 bits per heavy atom. The number of hydrogen-bond donors (Lipinski definition) is 1. The predicted octanol–water partition coefficient (Wildman–Crippen LogP) is 3.96. The van der Waals surface area contributed by atoms with Crippen molar-refractivity contribution in [2.24, 2.45) is 0 Å². The Balaban J connectivity index is 1.86. The van der Waals surface area contributed by atoms with Crippen LogP contribution in [0, 0.1) is 0 Å². The van der Waals surface area contributed by atoms with Crippen LogP contribution in [0.25, 0.3) is 0 Å². The van der Waals surface area contributed by atoms with Crippen molar-refractivity contribution < 1.29 is 4.79 Å². The Labute approximate surface area is 140 Å². The molecule has 0 unspecified atom stereocenters. The van der Waals surface area contributed by atoms with Gasteiger partial charge >= 0.3 is 0 Å². The maximum atomic E-state index is 12.4. The van der Waals surface area contributed by atoms with E-state index in [1.54, 1.807) is 12.4 Å². The number of amides is 1. The molecule has 0 saturated carbocycles. The number of nitrogens with zero attached hydrogens (tertiary/aromatic N) is 1. The summed E-state index contributed by atoms with van der Waals surface area (Å²) in [5.41, 5.74) is 1.17. The number of aromatic nitrogens is 1. The number of carbonyl (C=O) groups excluding carboxylic acids is 1. The second-order valence-electron chi connectivity index (χ2n) is 5.43. The van der Waals surface area contributed by atoms with Crippen molar-refractivity contribution in [3.05, 3.63) is 59.4 Å². The number of halogens is 1. The van der Waals surface area contributed by atoms with Crippen molar-refractivity contribution in [3.8, 4) is 0 Å². The zero-order valence-electron chi connectivity index (χ0n) is 12.7. The van der Waals surface area contributed by atoms with Gasteiger partial charge in [0.15, 0.2) is 0 Å². The van der Waals surface area contributed by atoms with Crippen LogP contribution in [0.3, 0.4) is 0 Å². The molecule has 0 spiro atoms. The van der Waals surface area contributed by atoms with E-state index in [4.69, 9.17) is 11.6 Å². The van der Waals surface area contributed by atoms with Crippen LogP contribution in [0.5, 0.6) is 0 Å². The molecule has 2 aromatic rings. The third-order valence-corrected chi connectivity index (χ3v) is 4.64. The summed E-state index contributed by atoms with van der Waals surface area (Å²) in [6.45, 7) is 4.47. The van der Waals surface area contributed by atoms with E-state index < -0.39 is 4.75 Å². The largest absolute Gasteiger partial charge is 0.355 e. The van der Waals surface area contributed by atoms with Gasteiger partial charge in [0.1, 0.15) is 0 Å². The molecule has 0 aliphatic rings. The van der Waals surface area contributed by atoms with Gasteiger partial charge in [-0.1, -0.05) is 11.6 Å². The maximum absolute atomic E-state index is 12.4. The lowest BCUT2D eigenvalue weighted by Gasteiger charge is -2.23. The zero-order valence-corrected chi connectivity index (χ0v) is 14.2. The Morgan fingerprint density at radius 3 is 2.45 bits per heavy atom. The van der Waals surface area contributed by atoms with Gasteiger partial charge in [-0.2, -0.15) is 0 Å². The first-order chi connectivity index (χ1) is 10.5. The fourth-order valence-corrected chi connectivity index (χ4v) is 3.08. The Morgan fingerprint density at radius 1 is 1.18 bits per heavy atom. The molecule has 5 heteroatoms. The standard InChI is InChI=1S/C17H19ClN2OS/c1-17(2,22-15-5-3-14(18)4-6-15)16(21)20-12-9-13-7-10-19-11-8-13/h3-8,10-11H,9,12H2,1-2H3,(H,20,21). The van der Waals surface area contributed by atoms with Crippen LogP contribution in [-0.2, 0) is 11.2 Å². The minimum Gasteiger partial charge on any atom is -0.355 e. The molecule has 1 aromatic heterocycles. The summed E-state index contributed by atoms with van der Waals surface area (Å²) in [6, 6.07) is 11.4. The van der Waals surface area contributed by atoms with Gasteiger partial charge in [-0.3, -0.25) is 9.78 Å². The first kappa shape index (κ1) is 16.8. The van der Waals surface area contributed by atoms with E-state index in [9.17, 15) is 4.79 Å². The highest BCUT2D eigenvalue weighted by atomic mass is 35.5. The van der Waals surface area contributed by atoms with Crippen LogP contribution in [0.15, 0.2) is 53.7 Å². The topological polar surface area (TPSA) is 42.0 Å². The molecule has 0 saturated heterocycles. The molecule has 0 atom stereocenters. The summed E-state index contributed by atoms with van der Waals surface area (Å²) < 4.78 is -0.536. The smallest absolute Gasteiger partial charge is 0.236 e. The molecule has 116 valence electrons. The SMILES string of the molecule is CC(C)(Sc1ccc(Cl)cc1)C(=O)NCCc1ccncc1. The van der Waals surface area contributed by atoms with Gasteiger partial charge in [0.2, 0.25) is 5.91 Å². The molecule has 0 fully saturated rings. The summed E-state index contributed by atoms with van der Waals surface area (Å²) in [5, 5.41) is 3.69. The van der Waals surface area contributed by atoms with Crippen LogP contribution in [0.4, 0.5) is 0 Å². The molecule has 1 heterocycles. The van der Waals surface area contributed by atoms with Gasteiger partial charge in [-0.15, -0.1) is 11.8 Å². The number of nitrogens with one attached hydrogen (secondary N) is 1. The quantitative estimate of drug-likeness (QED) is 0.813. The third-order valence-electron chi connectivity index (χ3n) is 3.18. The van der Waals surface area contributed by atoms with Crippen LogP contribution < -0.4 is 5.32 Å². The van der Waals surface area contributed by atoms with Gasteiger partial charge in [0.25, 0.3) is 0 Å². The fraction of sp³-hybridized carbons (Fsp3) is 0.294. The lowest BCUT2D eigenvalue weighted by Crippen LogP contribution is -2.40.